The molecule has 1 aliphatic rings. The van der Waals surface area contributed by atoms with Crippen LogP contribution in [-0.4, -0.2) is 16.7 Å². The van der Waals surface area contributed by atoms with Gasteiger partial charge in [-0.05, 0) is 56.4 Å². The van der Waals surface area contributed by atoms with Crippen molar-refractivity contribution in [2.75, 3.05) is 11.4 Å². The largest absolute Gasteiger partial charge is 0.348 e. The molecule has 150 valence electrons. The van der Waals surface area contributed by atoms with Crippen LogP contribution >= 0.6 is 0 Å². The second kappa shape index (κ2) is 7.24. The van der Waals surface area contributed by atoms with Crippen molar-refractivity contribution >= 4 is 16.6 Å². The first-order valence-corrected chi connectivity index (χ1v) is 10.7. The highest BCUT2D eigenvalue weighted by atomic mass is 15.3. The summed E-state index contributed by atoms with van der Waals surface area (Å²) in [7, 11) is 0. The number of hydrogen-bond donors (Lipinski definition) is 0. The Labute approximate surface area is 178 Å². The predicted molar refractivity (Wildman–Crippen MR) is 125 cm³/mol. The van der Waals surface area contributed by atoms with E-state index in [1.807, 2.05) is 0 Å². The van der Waals surface area contributed by atoms with E-state index in [1.165, 1.54) is 44.2 Å². The van der Waals surface area contributed by atoms with Gasteiger partial charge < -0.3 is 4.90 Å². The highest BCUT2D eigenvalue weighted by Gasteiger charge is 2.27. The summed E-state index contributed by atoms with van der Waals surface area (Å²) in [6.45, 7) is 9.72. The van der Waals surface area contributed by atoms with Crippen LogP contribution < -0.4 is 4.90 Å². The Balaban J connectivity index is 1.68. The molecule has 2 heterocycles. The molecule has 0 saturated carbocycles. The molecule has 3 heteroatoms. The van der Waals surface area contributed by atoms with Gasteiger partial charge in [0.05, 0.1) is 6.04 Å². The van der Waals surface area contributed by atoms with Gasteiger partial charge in [0, 0.05) is 22.9 Å². The summed E-state index contributed by atoms with van der Waals surface area (Å²) in [4.78, 5) is 2.41. The number of benzene rings is 3. The third-order valence-electron chi connectivity index (χ3n) is 6.45. The molecule has 30 heavy (non-hydrogen) atoms. The van der Waals surface area contributed by atoms with Gasteiger partial charge in [-0.2, -0.15) is 0 Å². The van der Waals surface area contributed by atoms with Crippen LogP contribution in [0.25, 0.3) is 22.0 Å². The molecule has 0 spiro atoms. The normalized spacial score (nSPS) is 16.0. The van der Waals surface area contributed by atoms with Gasteiger partial charge in [0.15, 0.2) is 5.82 Å². The minimum absolute atomic E-state index is 0.279. The maximum atomic E-state index is 4.81. The summed E-state index contributed by atoms with van der Waals surface area (Å²) >= 11 is 0. The smallest absolute Gasteiger partial charge is 0.159 e. The van der Waals surface area contributed by atoms with Crippen molar-refractivity contribution < 1.29 is 0 Å². The average Bonchev–Trinajstić information content (AvgIpc) is 2.74. The molecule has 3 nitrogen and oxygen atoms in total. The maximum absolute atomic E-state index is 4.81. The van der Waals surface area contributed by atoms with Gasteiger partial charge in [0.25, 0.3) is 0 Å². The number of fused-ring (bicyclic) bond motifs is 2. The molecular formula is C27H27N3. The summed E-state index contributed by atoms with van der Waals surface area (Å²) in [5, 5.41) is 12.0. The van der Waals surface area contributed by atoms with Crippen LogP contribution in [0, 0.1) is 20.8 Å². The molecule has 0 bridgehead atoms. The number of nitrogens with zero attached hydrogens (tertiary/aromatic N) is 3. The van der Waals surface area contributed by atoms with Crippen LogP contribution in [-0.2, 0) is 6.42 Å². The summed E-state index contributed by atoms with van der Waals surface area (Å²) < 4.78 is 0. The Morgan fingerprint density at radius 1 is 0.833 bits per heavy atom. The lowest BCUT2D eigenvalue weighted by molar-refractivity contribution is 0.616. The van der Waals surface area contributed by atoms with Crippen molar-refractivity contribution in [3.8, 4) is 11.3 Å². The van der Waals surface area contributed by atoms with Crippen molar-refractivity contribution in [1.29, 1.82) is 0 Å². The summed E-state index contributed by atoms with van der Waals surface area (Å²) in [6, 6.07) is 22.1. The highest BCUT2D eigenvalue weighted by molar-refractivity contribution is 6.01. The summed E-state index contributed by atoms with van der Waals surface area (Å²) in [5.74, 6) is 0.985. The van der Waals surface area contributed by atoms with Gasteiger partial charge in [-0.3, -0.25) is 0 Å². The molecule has 1 atom stereocenters. The topological polar surface area (TPSA) is 29.0 Å². The molecule has 0 radical (unpaired) electrons. The van der Waals surface area contributed by atoms with E-state index < -0.39 is 0 Å². The molecule has 1 unspecified atom stereocenters. The number of hydrogen-bond acceptors (Lipinski definition) is 3. The van der Waals surface area contributed by atoms with E-state index in [-0.39, 0.29) is 6.04 Å². The first-order valence-electron chi connectivity index (χ1n) is 10.7. The van der Waals surface area contributed by atoms with E-state index in [9.17, 15) is 0 Å². The molecule has 0 aliphatic carbocycles. The Kier molecular flexibility index (Phi) is 4.54. The van der Waals surface area contributed by atoms with Gasteiger partial charge in [0.1, 0.15) is 5.69 Å². The second-order valence-corrected chi connectivity index (χ2v) is 8.51. The Morgan fingerprint density at radius 2 is 1.50 bits per heavy atom. The highest BCUT2D eigenvalue weighted by Crippen LogP contribution is 2.39. The Morgan fingerprint density at radius 3 is 2.27 bits per heavy atom. The molecule has 3 aromatic carbocycles. The average molecular weight is 394 g/mol. The van der Waals surface area contributed by atoms with Crippen LogP contribution in [0.4, 0.5) is 5.82 Å². The number of aromatic nitrogens is 2. The standard InChI is InChI=1S/C27H27N3/c1-17-15-18(2)25(19(3)16-17)26-23-11-7-8-12-24(23)27(29-28-26)30-14-13-21-9-5-6-10-22(21)20(30)4/h5-12,15-16,20H,13-14H2,1-4H3. The molecule has 0 N–H and O–H groups in total. The van der Waals surface area contributed by atoms with Gasteiger partial charge >= 0.3 is 0 Å². The van der Waals surface area contributed by atoms with Crippen molar-refractivity contribution in [3.05, 3.63) is 88.5 Å². The zero-order valence-corrected chi connectivity index (χ0v) is 18.1. The zero-order chi connectivity index (χ0) is 20.8. The molecule has 1 aliphatic heterocycles. The lowest BCUT2D eigenvalue weighted by Crippen LogP contribution is -2.34. The first kappa shape index (κ1) is 18.8. The van der Waals surface area contributed by atoms with E-state index in [2.05, 4.69) is 93.3 Å². The Bertz CT molecular complexity index is 1240. The van der Waals surface area contributed by atoms with Crippen molar-refractivity contribution in [1.82, 2.24) is 10.2 Å². The van der Waals surface area contributed by atoms with Crippen LogP contribution in [0.15, 0.2) is 60.7 Å². The SMILES string of the molecule is Cc1cc(C)c(-c2nnc(N3CCc4ccccc4C3C)c3ccccc23)c(C)c1. The van der Waals surface area contributed by atoms with Crippen LogP contribution in [0.3, 0.4) is 0 Å². The van der Waals surface area contributed by atoms with Crippen LogP contribution in [0.5, 0.6) is 0 Å². The number of anilines is 1. The fraction of sp³-hybridized carbons (Fsp3) is 0.259. The molecule has 1 aromatic heterocycles. The minimum Gasteiger partial charge on any atom is -0.348 e. The van der Waals surface area contributed by atoms with E-state index in [1.54, 1.807) is 0 Å². The third kappa shape index (κ3) is 2.97. The van der Waals surface area contributed by atoms with Crippen molar-refractivity contribution in [2.45, 2.75) is 40.2 Å². The van der Waals surface area contributed by atoms with Gasteiger partial charge in [-0.25, -0.2) is 0 Å². The lowest BCUT2D eigenvalue weighted by atomic mass is 9.92. The molecule has 5 rings (SSSR count). The number of rotatable bonds is 2. The summed E-state index contributed by atoms with van der Waals surface area (Å²) in [6.07, 6.45) is 1.04. The minimum atomic E-state index is 0.279. The predicted octanol–water partition coefficient (Wildman–Crippen LogP) is 6.35. The van der Waals surface area contributed by atoms with E-state index in [4.69, 9.17) is 10.2 Å². The molecular weight excluding hydrogens is 366 g/mol. The molecule has 0 amide bonds. The zero-order valence-electron chi connectivity index (χ0n) is 18.1. The molecule has 0 fully saturated rings. The van der Waals surface area contributed by atoms with Crippen LogP contribution in [0.2, 0.25) is 0 Å². The van der Waals surface area contributed by atoms with Gasteiger partial charge in [-0.15, -0.1) is 10.2 Å². The second-order valence-electron chi connectivity index (χ2n) is 8.51. The monoisotopic (exact) mass is 393 g/mol. The fourth-order valence-corrected chi connectivity index (χ4v) is 5.10. The summed E-state index contributed by atoms with van der Waals surface area (Å²) in [5.41, 5.74) is 8.80. The maximum Gasteiger partial charge on any atom is 0.159 e. The first-order chi connectivity index (χ1) is 14.5. The van der Waals surface area contributed by atoms with Gasteiger partial charge in [-0.1, -0.05) is 66.2 Å². The lowest BCUT2D eigenvalue weighted by Gasteiger charge is -2.36. The quantitative estimate of drug-likeness (QED) is 0.397. The van der Waals surface area contributed by atoms with Crippen molar-refractivity contribution in [2.24, 2.45) is 0 Å². The fourth-order valence-electron chi connectivity index (χ4n) is 5.10. The van der Waals surface area contributed by atoms with E-state index in [0.29, 0.717) is 0 Å². The van der Waals surface area contributed by atoms with E-state index >= 15 is 0 Å². The molecule has 4 aromatic rings. The van der Waals surface area contributed by atoms with Gasteiger partial charge in [0.2, 0.25) is 0 Å². The van der Waals surface area contributed by atoms with Crippen LogP contribution in [0.1, 0.15) is 40.8 Å². The third-order valence-corrected chi connectivity index (χ3v) is 6.45. The Hall–Kier alpha value is -3.20. The van der Waals surface area contributed by atoms with Crippen molar-refractivity contribution in [3.63, 3.8) is 0 Å². The number of aryl methyl sites for hydroxylation is 3. The molecule has 0 saturated heterocycles. The van der Waals surface area contributed by atoms with E-state index in [0.717, 1.165) is 24.5 Å².